The summed E-state index contributed by atoms with van der Waals surface area (Å²) in [5.41, 5.74) is 0. The van der Waals surface area contributed by atoms with E-state index >= 15 is 0 Å². The summed E-state index contributed by atoms with van der Waals surface area (Å²) in [5.74, 6) is 0.199. The average molecular weight is 383 g/mol. The van der Waals surface area contributed by atoms with E-state index in [1.807, 2.05) is 23.3 Å². The minimum Gasteiger partial charge on any atom is -0.342 e. The third kappa shape index (κ3) is 4.20. The predicted octanol–water partition coefficient (Wildman–Crippen LogP) is 2.82. The zero-order chi connectivity index (χ0) is 17.9. The van der Waals surface area contributed by atoms with Crippen LogP contribution in [-0.2, 0) is 14.8 Å². The molecule has 0 bridgehead atoms. The fraction of sp³-hybridized carbons (Fsp3) is 0.611. The summed E-state index contributed by atoms with van der Waals surface area (Å²) in [4.78, 5) is 16.0. The van der Waals surface area contributed by atoms with Gasteiger partial charge in [0.1, 0.15) is 0 Å². The number of nitrogens with zero attached hydrogens (tertiary/aromatic N) is 2. The molecule has 2 heterocycles. The van der Waals surface area contributed by atoms with Crippen LogP contribution in [-0.4, -0.2) is 56.0 Å². The van der Waals surface area contributed by atoms with E-state index in [1.165, 1.54) is 10.7 Å². The van der Waals surface area contributed by atoms with Gasteiger partial charge >= 0.3 is 0 Å². The van der Waals surface area contributed by atoms with Crippen molar-refractivity contribution in [2.45, 2.75) is 41.9 Å². The summed E-state index contributed by atoms with van der Waals surface area (Å²) in [7, 11) is -3.46. The lowest BCUT2D eigenvalue weighted by molar-refractivity contribution is -0.137. The molecule has 1 amide bonds. The molecule has 0 aromatic heterocycles. The third-order valence-electron chi connectivity index (χ3n) is 5.17. The number of hydrogen-bond donors (Lipinski definition) is 0. The molecular weight excluding hydrogens is 356 g/mol. The van der Waals surface area contributed by atoms with E-state index < -0.39 is 10.0 Å². The van der Waals surface area contributed by atoms with Crippen molar-refractivity contribution in [2.75, 3.05) is 32.4 Å². The summed E-state index contributed by atoms with van der Waals surface area (Å²) < 4.78 is 27.1. The van der Waals surface area contributed by atoms with Gasteiger partial charge in [-0.1, -0.05) is 0 Å². The second kappa shape index (κ2) is 8.10. The first kappa shape index (κ1) is 18.7. The predicted molar refractivity (Wildman–Crippen MR) is 100 cm³/mol. The van der Waals surface area contributed by atoms with Crippen LogP contribution in [0.5, 0.6) is 0 Å². The fourth-order valence-corrected chi connectivity index (χ4v) is 5.49. The van der Waals surface area contributed by atoms with Crippen LogP contribution >= 0.6 is 11.8 Å². The molecule has 2 aliphatic heterocycles. The summed E-state index contributed by atoms with van der Waals surface area (Å²) >= 11 is 1.59. The summed E-state index contributed by atoms with van der Waals surface area (Å²) in [6.07, 6.45) is 6.59. The molecule has 138 valence electrons. The molecule has 1 aromatic carbocycles. The molecule has 0 saturated carbocycles. The normalized spacial score (nSPS) is 20.6. The number of sulfonamides is 1. The second-order valence-electron chi connectivity index (χ2n) is 6.74. The number of carbonyl (C=O) groups is 1. The SMILES string of the molecule is CSc1ccc(S(=O)(=O)N2CCC(C(=O)N3CCCCC3)CC2)cc1. The van der Waals surface area contributed by atoms with Crippen LogP contribution in [0, 0.1) is 5.92 Å². The van der Waals surface area contributed by atoms with Crippen molar-refractivity contribution in [1.82, 2.24) is 9.21 Å². The Balaban J connectivity index is 1.61. The maximum absolute atomic E-state index is 12.8. The molecule has 0 atom stereocenters. The van der Waals surface area contributed by atoms with Crippen molar-refractivity contribution in [3.05, 3.63) is 24.3 Å². The van der Waals surface area contributed by atoms with Gasteiger partial charge in [-0.15, -0.1) is 11.8 Å². The molecule has 5 nitrogen and oxygen atoms in total. The van der Waals surface area contributed by atoms with Crippen LogP contribution < -0.4 is 0 Å². The third-order valence-corrected chi connectivity index (χ3v) is 7.82. The summed E-state index contributed by atoms with van der Waals surface area (Å²) in [5, 5.41) is 0. The van der Waals surface area contributed by atoms with Crippen LogP contribution in [0.15, 0.2) is 34.1 Å². The zero-order valence-electron chi connectivity index (χ0n) is 14.7. The topological polar surface area (TPSA) is 57.7 Å². The highest BCUT2D eigenvalue weighted by molar-refractivity contribution is 7.98. The van der Waals surface area contributed by atoms with E-state index in [9.17, 15) is 13.2 Å². The van der Waals surface area contributed by atoms with Crippen LogP contribution in [0.25, 0.3) is 0 Å². The molecule has 1 aromatic rings. The summed E-state index contributed by atoms with van der Waals surface area (Å²) in [6, 6.07) is 7.02. The lowest BCUT2D eigenvalue weighted by Gasteiger charge is -2.35. The minimum absolute atomic E-state index is 0.0246. The number of hydrogen-bond acceptors (Lipinski definition) is 4. The van der Waals surface area contributed by atoms with Gasteiger partial charge in [-0.25, -0.2) is 8.42 Å². The van der Waals surface area contributed by atoms with E-state index in [-0.39, 0.29) is 11.8 Å². The van der Waals surface area contributed by atoms with E-state index in [0.29, 0.717) is 30.8 Å². The fourth-order valence-electron chi connectivity index (χ4n) is 3.61. The first-order valence-corrected chi connectivity index (χ1v) is 11.6. The van der Waals surface area contributed by atoms with Crippen molar-refractivity contribution >= 4 is 27.7 Å². The number of benzene rings is 1. The molecule has 0 unspecified atom stereocenters. The number of likely N-dealkylation sites (tertiary alicyclic amines) is 1. The smallest absolute Gasteiger partial charge is 0.243 e. The van der Waals surface area contributed by atoms with Gasteiger partial charge in [0, 0.05) is 37.0 Å². The highest BCUT2D eigenvalue weighted by Gasteiger charge is 2.34. The van der Waals surface area contributed by atoms with Crippen molar-refractivity contribution in [1.29, 1.82) is 0 Å². The Morgan fingerprint density at radius 2 is 1.60 bits per heavy atom. The van der Waals surface area contributed by atoms with E-state index in [4.69, 9.17) is 0 Å². The summed E-state index contributed by atoms with van der Waals surface area (Å²) in [6.45, 7) is 2.58. The zero-order valence-corrected chi connectivity index (χ0v) is 16.3. The van der Waals surface area contributed by atoms with E-state index in [2.05, 4.69) is 0 Å². The van der Waals surface area contributed by atoms with Gasteiger partial charge in [-0.2, -0.15) is 4.31 Å². The first-order chi connectivity index (χ1) is 12.0. The van der Waals surface area contributed by atoms with Crippen molar-refractivity contribution < 1.29 is 13.2 Å². The van der Waals surface area contributed by atoms with Gasteiger partial charge in [-0.3, -0.25) is 4.79 Å². The van der Waals surface area contributed by atoms with Gasteiger partial charge < -0.3 is 4.90 Å². The van der Waals surface area contributed by atoms with Gasteiger partial charge in [0.25, 0.3) is 0 Å². The Labute approximate surface area is 154 Å². The van der Waals surface area contributed by atoms with E-state index in [0.717, 1.165) is 30.8 Å². The standard InChI is InChI=1S/C18H26N2O3S2/c1-24-16-5-7-17(8-6-16)25(22,23)20-13-9-15(10-14-20)18(21)19-11-3-2-4-12-19/h5-8,15H,2-4,9-14H2,1H3. The maximum atomic E-state index is 12.8. The minimum atomic E-state index is -3.46. The quantitative estimate of drug-likeness (QED) is 0.752. The molecular formula is C18H26N2O3S2. The van der Waals surface area contributed by atoms with Crippen molar-refractivity contribution in [3.8, 4) is 0 Å². The number of amides is 1. The van der Waals surface area contributed by atoms with Gasteiger partial charge in [0.2, 0.25) is 15.9 Å². The molecule has 0 spiro atoms. The highest BCUT2D eigenvalue weighted by atomic mass is 32.2. The number of thioether (sulfide) groups is 1. The molecule has 3 rings (SSSR count). The Morgan fingerprint density at radius 3 is 2.16 bits per heavy atom. The Kier molecular flexibility index (Phi) is 6.07. The molecule has 7 heteroatoms. The highest BCUT2D eigenvalue weighted by Crippen LogP contribution is 2.27. The van der Waals surface area contributed by atoms with Gasteiger partial charge in [0.05, 0.1) is 4.90 Å². The van der Waals surface area contributed by atoms with Gasteiger partial charge in [-0.05, 0) is 62.6 Å². The Hall–Kier alpha value is -1.05. The number of carbonyl (C=O) groups excluding carboxylic acids is 1. The maximum Gasteiger partial charge on any atom is 0.243 e. The number of rotatable bonds is 4. The molecule has 2 fully saturated rings. The monoisotopic (exact) mass is 382 g/mol. The second-order valence-corrected chi connectivity index (χ2v) is 9.56. The van der Waals surface area contributed by atoms with Crippen LogP contribution in [0.1, 0.15) is 32.1 Å². The average Bonchev–Trinajstić information content (AvgIpc) is 2.68. The van der Waals surface area contributed by atoms with Crippen LogP contribution in [0.4, 0.5) is 0 Å². The van der Waals surface area contributed by atoms with Gasteiger partial charge in [0.15, 0.2) is 0 Å². The largest absolute Gasteiger partial charge is 0.342 e. The van der Waals surface area contributed by atoms with E-state index in [1.54, 1.807) is 23.9 Å². The molecule has 0 radical (unpaired) electrons. The van der Waals surface area contributed by atoms with Crippen LogP contribution in [0.2, 0.25) is 0 Å². The van der Waals surface area contributed by atoms with Crippen molar-refractivity contribution in [3.63, 3.8) is 0 Å². The molecule has 0 N–H and O–H groups in total. The first-order valence-electron chi connectivity index (χ1n) is 8.95. The molecule has 0 aliphatic carbocycles. The number of piperidine rings is 2. The Bertz CT molecular complexity index is 690. The molecule has 2 aliphatic rings. The lowest BCUT2D eigenvalue weighted by Crippen LogP contribution is -2.45. The molecule has 2 saturated heterocycles. The van der Waals surface area contributed by atoms with Crippen molar-refractivity contribution in [2.24, 2.45) is 5.92 Å². The lowest BCUT2D eigenvalue weighted by atomic mass is 9.95. The van der Waals surface area contributed by atoms with Crippen LogP contribution in [0.3, 0.4) is 0 Å². The Morgan fingerprint density at radius 1 is 1.00 bits per heavy atom. The molecule has 25 heavy (non-hydrogen) atoms.